The summed E-state index contributed by atoms with van der Waals surface area (Å²) in [6.45, 7) is 4.96. The Morgan fingerprint density at radius 3 is 2.62 bits per heavy atom. The maximum atomic E-state index is 12.5. The van der Waals surface area contributed by atoms with Gasteiger partial charge in [0.25, 0.3) is 0 Å². The van der Waals surface area contributed by atoms with Gasteiger partial charge in [-0.3, -0.25) is 15.0 Å². The van der Waals surface area contributed by atoms with Crippen LogP contribution >= 0.6 is 15.9 Å². The number of nitrogens with zero attached hydrogens (tertiary/aromatic N) is 1. The normalized spacial score (nSPS) is 22.7. The third-order valence-electron chi connectivity index (χ3n) is 4.21. The molecule has 8 heteroatoms. The van der Waals surface area contributed by atoms with Crippen LogP contribution in [0.2, 0.25) is 0 Å². The number of alkyl halides is 1. The first-order valence-electron chi connectivity index (χ1n) is 8.74. The molecule has 1 aliphatic heterocycles. The Bertz CT molecular complexity index is 638. The predicted molar refractivity (Wildman–Crippen MR) is 107 cm³/mol. The zero-order valence-corrected chi connectivity index (χ0v) is 17.3. The van der Waals surface area contributed by atoms with Crippen molar-refractivity contribution in [3.8, 4) is 0 Å². The zero-order valence-electron chi connectivity index (χ0n) is 15.7. The van der Waals surface area contributed by atoms with Crippen molar-refractivity contribution in [3.05, 3.63) is 29.8 Å². The number of hydrazine groups is 1. The van der Waals surface area contributed by atoms with Gasteiger partial charge in [-0.25, -0.2) is 5.43 Å². The summed E-state index contributed by atoms with van der Waals surface area (Å²) >= 11 is 3.62. The van der Waals surface area contributed by atoms with Crippen molar-refractivity contribution in [1.82, 2.24) is 21.1 Å². The van der Waals surface area contributed by atoms with Crippen molar-refractivity contribution >= 4 is 33.4 Å². The van der Waals surface area contributed by atoms with E-state index in [4.69, 9.17) is 0 Å². The lowest BCUT2D eigenvalue weighted by Gasteiger charge is -2.19. The van der Waals surface area contributed by atoms with Crippen molar-refractivity contribution in [3.63, 3.8) is 0 Å². The Morgan fingerprint density at radius 2 is 2.00 bits per heavy atom. The smallest absolute Gasteiger partial charge is 0.239 e. The van der Waals surface area contributed by atoms with E-state index in [2.05, 4.69) is 51.3 Å². The Balaban J connectivity index is 1.88. The van der Waals surface area contributed by atoms with Gasteiger partial charge in [-0.05, 0) is 37.7 Å². The van der Waals surface area contributed by atoms with Crippen LogP contribution in [0.15, 0.2) is 24.3 Å². The third kappa shape index (κ3) is 5.77. The minimum Gasteiger partial charge on any atom is -0.351 e. The van der Waals surface area contributed by atoms with Gasteiger partial charge in [0.05, 0.1) is 11.4 Å². The highest BCUT2D eigenvalue weighted by Gasteiger charge is 2.39. The summed E-state index contributed by atoms with van der Waals surface area (Å²) in [7, 11) is 3.69. The lowest BCUT2D eigenvalue weighted by atomic mass is 9.99. The quantitative estimate of drug-likeness (QED) is 0.491. The molecule has 0 saturated carbocycles. The number of benzene rings is 1. The van der Waals surface area contributed by atoms with Gasteiger partial charge in [0.2, 0.25) is 11.8 Å². The van der Waals surface area contributed by atoms with Crippen LogP contribution in [-0.2, 0) is 16.1 Å². The van der Waals surface area contributed by atoms with Crippen molar-refractivity contribution < 1.29 is 9.59 Å². The van der Waals surface area contributed by atoms with Crippen LogP contribution in [0.4, 0.5) is 5.69 Å². The molecular weight excluding hydrogens is 398 g/mol. The molecule has 1 heterocycles. The van der Waals surface area contributed by atoms with E-state index in [0.29, 0.717) is 19.0 Å². The average molecular weight is 426 g/mol. The molecule has 26 heavy (non-hydrogen) atoms. The SMILES string of the molecule is CC(C)C1NNC(C(=O)NCc2cccc(NC(=O)CN(C)C)c2)C1Br. The molecule has 1 aromatic rings. The number of likely N-dealkylation sites (N-methyl/N-ethyl adjacent to an activating group) is 1. The van der Waals surface area contributed by atoms with Crippen LogP contribution in [0.25, 0.3) is 0 Å². The Labute approximate surface area is 163 Å². The molecular formula is C18H28BrN5O2. The standard InChI is InChI=1S/C18H28BrN5O2/c1-11(2)16-15(19)17(23-22-16)18(26)20-9-12-6-5-7-13(8-12)21-14(25)10-24(3)4/h5-8,11,15-17,22-23H,9-10H2,1-4H3,(H,20,26)(H,21,25). The predicted octanol–water partition coefficient (Wildman–Crippen LogP) is 1.07. The number of halogens is 1. The van der Waals surface area contributed by atoms with Crippen molar-refractivity contribution in [2.75, 3.05) is 26.0 Å². The second kappa shape index (κ2) is 9.45. The van der Waals surface area contributed by atoms with E-state index >= 15 is 0 Å². The third-order valence-corrected chi connectivity index (χ3v) is 5.30. The Kier molecular flexibility index (Phi) is 7.57. The second-order valence-electron chi connectivity index (χ2n) is 7.18. The van der Waals surface area contributed by atoms with Crippen LogP contribution in [0.5, 0.6) is 0 Å². The molecule has 1 saturated heterocycles. The lowest BCUT2D eigenvalue weighted by Crippen LogP contribution is -2.45. The topological polar surface area (TPSA) is 85.5 Å². The Hall–Kier alpha value is -1.48. The molecule has 1 fully saturated rings. The number of hydrogen-bond donors (Lipinski definition) is 4. The van der Waals surface area contributed by atoms with Crippen molar-refractivity contribution in [2.24, 2.45) is 5.92 Å². The molecule has 7 nitrogen and oxygen atoms in total. The van der Waals surface area contributed by atoms with Gasteiger partial charge >= 0.3 is 0 Å². The van der Waals surface area contributed by atoms with Crippen LogP contribution in [0, 0.1) is 5.92 Å². The van der Waals surface area contributed by atoms with E-state index in [1.54, 1.807) is 0 Å². The summed E-state index contributed by atoms with van der Waals surface area (Å²) in [6.07, 6.45) is 0. The summed E-state index contributed by atoms with van der Waals surface area (Å²) in [5, 5.41) is 5.81. The monoisotopic (exact) mass is 425 g/mol. The molecule has 0 aliphatic carbocycles. The number of anilines is 1. The minimum absolute atomic E-state index is 0.0270. The van der Waals surface area contributed by atoms with Crippen LogP contribution < -0.4 is 21.5 Å². The maximum absolute atomic E-state index is 12.5. The number of hydrogen-bond acceptors (Lipinski definition) is 5. The molecule has 2 amide bonds. The lowest BCUT2D eigenvalue weighted by molar-refractivity contribution is -0.123. The summed E-state index contributed by atoms with van der Waals surface area (Å²) in [6, 6.07) is 7.36. The van der Waals surface area contributed by atoms with Gasteiger partial charge in [0, 0.05) is 18.3 Å². The van der Waals surface area contributed by atoms with Gasteiger partial charge in [0.1, 0.15) is 6.04 Å². The molecule has 3 atom stereocenters. The molecule has 0 radical (unpaired) electrons. The molecule has 3 unspecified atom stereocenters. The molecule has 1 aliphatic rings. The van der Waals surface area contributed by atoms with Gasteiger partial charge in [0.15, 0.2) is 0 Å². The number of amides is 2. The van der Waals surface area contributed by atoms with Crippen LogP contribution in [0.1, 0.15) is 19.4 Å². The average Bonchev–Trinajstić information content (AvgIpc) is 2.94. The first kappa shape index (κ1) is 20.8. The molecule has 0 spiro atoms. The summed E-state index contributed by atoms with van der Waals surface area (Å²) in [5.41, 5.74) is 7.88. The fraction of sp³-hybridized carbons (Fsp3) is 0.556. The summed E-state index contributed by atoms with van der Waals surface area (Å²) in [5.74, 6) is 0.274. The molecule has 4 N–H and O–H groups in total. The van der Waals surface area contributed by atoms with E-state index in [0.717, 1.165) is 11.3 Å². The summed E-state index contributed by atoms with van der Waals surface area (Å²) < 4.78 is 0. The summed E-state index contributed by atoms with van der Waals surface area (Å²) in [4.78, 5) is 26.2. The van der Waals surface area contributed by atoms with E-state index < -0.39 is 0 Å². The van der Waals surface area contributed by atoms with Crippen molar-refractivity contribution in [1.29, 1.82) is 0 Å². The highest BCUT2D eigenvalue weighted by Crippen LogP contribution is 2.21. The van der Waals surface area contributed by atoms with E-state index in [1.807, 2.05) is 43.3 Å². The Morgan fingerprint density at radius 1 is 1.27 bits per heavy atom. The molecule has 144 valence electrons. The maximum Gasteiger partial charge on any atom is 0.239 e. The first-order valence-corrected chi connectivity index (χ1v) is 9.66. The first-order chi connectivity index (χ1) is 12.3. The fourth-order valence-electron chi connectivity index (χ4n) is 2.84. The zero-order chi connectivity index (χ0) is 19.3. The molecule has 0 aromatic heterocycles. The highest BCUT2D eigenvalue weighted by atomic mass is 79.9. The second-order valence-corrected chi connectivity index (χ2v) is 8.24. The number of carbonyl (C=O) groups is 2. The highest BCUT2D eigenvalue weighted by molar-refractivity contribution is 9.09. The number of carbonyl (C=O) groups excluding carboxylic acids is 2. The minimum atomic E-state index is -0.328. The van der Waals surface area contributed by atoms with E-state index in [9.17, 15) is 9.59 Å². The molecule has 1 aromatic carbocycles. The van der Waals surface area contributed by atoms with E-state index in [1.165, 1.54) is 0 Å². The van der Waals surface area contributed by atoms with Gasteiger partial charge < -0.3 is 15.5 Å². The van der Waals surface area contributed by atoms with Crippen LogP contribution in [-0.4, -0.2) is 54.3 Å². The molecule has 2 rings (SSSR count). The van der Waals surface area contributed by atoms with Gasteiger partial charge in [-0.1, -0.05) is 41.9 Å². The van der Waals surface area contributed by atoms with Crippen molar-refractivity contribution in [2.45, 2.75) is 37.3 Å². The number of rotatable bonds is 7. The largest absolute Gasteiger partial charge is 0.351 e. The van der Waals surface area contributed by atoms with Gasteiger partial charge in [-0.15, -0.1) is 0 Å². The fourth-order valence-corrected chi connectivity index (χ4v) is 3.96. The van der Waals surface area contributed by atoms with Crippen LogP contribution in [0.3, 0.4) is 0 Å². The number of nitrogens with one attached hydrogen (secondary N) is 4. The van der Waals surface area contributed by atoms with E-state index in [-0.39, 0.29) is 28.7 Å². The molecule has 0 bridgehead atoms. The van der Waals surface area contributed by atoms with Gasteiger partial charge in [-0.2, -0.15) is 0 Å².